The SMILES string of the molecule is CCN(c1cc(C(=O)OC)ccc1Cl)S(=O)(=O)c1ccc2c(c1)OCCO2. The first-order chi connectivity index (χ1) is 12.9. The lowest BCUT2D eigenvalue weighted by atomic mass is 10.2. The van der Waals surface area contributed by atoms with Crippen molar-refractivity contribution in [3.05, 3.63) is 47.0 Å². The molecule has 0 unspecified atom stereocenters. The molecule has 0 atom stereocenters. The monoisotopic (exact) mass is 411 g/mol. The molecule has 0 saturated carbocycles. The topological polar surface area (TPSA) is 82.1 Å². The Bertz CT molecular complexity index is 976. The first-order valence-corrected chi connectivity index (χ1v) is 10.0. The van der Waals surface area contributed by atoms with Gasteiger partial charge in [-0.05, 0) is 37.3 Å². The third-order valence-electron chi connectivity index (χ3n) is 4.02. The van der Waals surface area contributed by atoms with Crippen LogP contribution in [-0.2, 0) is 14.8 Å². The van der Waals surface area contributed by atoms with Crippen molar-refractivity contribution >= 4 is 33.3 Å². The molecule has 0 bridgehead atoms. The van der Waals surface area contributed by atoms with Gasteiger partial charge in [-0.2, -0.15) is 0 Å². The molecule has 27 heavy (non-hydrogen) atoms. The highest BCUT2D eigenvalue weighted by Gasteiger charge is 2.28. The second-order valence-corrected chi connectivity index (χ2v) is 7.90. The standard InChI is InChI=1S/C18H18ClNO6S/c1-3-20(15-10-12(18(21)24-2)4-6-14(15)19)27(22,23)13-5-7-16-17(11-13)26-9-8-25-16/h4-7,10-11H,3,8-9H2,1-2H3. The van der Waals surface area contributed by atoms with Crippen LogP contribution in [0.1, 0.15) is 17.3 Å². The summed E-state index contributed by atoms with van der Waals surface area (Å²) in [7, 11) is -2.70. The Labute approximate surface area is 162 Å². The average molecular weight is 412 g/mol. The van der Waals surface area contributed by atoms with Gasteiger partial charge in [0.05, 0.1) is 28.3 Å². The molecular weight excluding hydrogens is 394 g/mol. The van der Waals surface area contributed by atoms with Crippen molar-refractivity contribution in [3.8, 4) is 11.5 Å². The van der Waals surface area contributed by atoms with E-state index in [2.05, 4.69) is 0 Å². The van der Waals surface area contributed by atoms with E-state index in [1.165, 1.54) is 37.4 Å². The lowest BCUT2D eigenvalue weighted by Gasteiger charge is -2.25. The van der Waals surface area contributed by atoms with Crippen LogP contribution in [0.15, 0.2) is 41.3 Å². The van der Waals surface area contributed by atoms with Gasteiger partial charge < -0.3 is 14.2 Å². The number of nitrogens with zero attached hydrogens (tertiary/aromatic N) is 1. The Morgan fingerprint density at radius 2 is 1.85 bits per heavy atom. The fraction of sp³-hybridized carbons (Fsp3) is 0.278. The fourth-order valence-corrected chi connectivity index (χ4v) is 4.50. The van der Waals surface area contributed by atoms with Gasteiger partial charge in [0, 0.05) is 12.6 Å². The van der Waals surface area contributed by atoms with E-state index in [1.54, 1.807) is 13.0 Å². The number of fused-ring (bicyclic) bond motifs is 1. The Kier molecular flexibility index (Phi) is 5.48. The number of anilines is 1. The molecule has 1 aliphatic rings. The van der Waals surface area contributed by atoms with Crippen molar-refractivity contribution in [1.82, 2.24) is 0 Å². The molecule has 3 rings (SSSR count). The number of hydrogen-bond donors (Lipinski definition) is 0. The van der Waals surface area contributed by atoms with E-state index in [-0.39, 0.29) is 27.7 Å². The summed E-state index contributed by atoms with van der Waals surface area (Å²) in [4.78, 5) is 11.8. The third kappa shape index (κ3) is 3.68. The lowest BCUT2D eigenvalue weighted by Crippen LogP contribution is -2.31. The first-order valence-electron chi connectivity index (χ1n) is 8.18. The normalized spacial score (nSPS) is 13.1. The minimum Gasteiger partial charge on any atom is -0.486 e. The molecule has 0 radical (unpaired) electrons. The Balaban J connectivity index is 2.06. The molecule has 2 aromatic rings. The molecular formula is C18H18ClNO6S. The zero-order valence-electron chi connectivity index (χ0n) is 14.8. The maximum absolute atomic E-state index is 13.2. The number of rotatable bonds is 5. The van der Waals surface area contributed by atoms with Gasteiger partial charge in [0.1, 0.15) is 13.2 Å². The molecule has 0 aliphatic carbocycles. The molecule has 7 nitrogen and oxygen atoms in total. The van der Waals surface area contributed by atoms with Crippen LogP contribution in [0.25, 0.3) is 0 Å². The number of carbonyl (C=O) groups is 1. The molecule has 0 amide bonds. The quantitative estimate of drug-likeness (QED) is 0.703. The van der Waals surface area contributed by atoms with Crippen LogP contribution in [0, 0.1) is 0 Å². The lowest BCUT2D eigenvalue weighted by molar-refractivity contribution is 0.0600. The van der Waals surface area contributed by atoms with E-state index in [0.717, 1.165) is 4.31 Å². The number of ether oxygens (including phenoxy) is 3. The molecule has 2 aromatic carbocycles. The molecule has 144 valence electrons. The highest BCUT2D eigenvalue weighted by Crippen LogP contribution is 2.36. The molecule has 1 aliphatic heterocycles. The Morgan fingerprint density at radius 3 is 2.52 bits per heavy atom. The second-order valence-electron chi connectivity index (χ2n) is 5.63. The molecule has 0 fully saturated rings. The molecule has 0 saturated heterocycles. The molecule has 0 aromatic heterocycles. The van der Waals surface area contributed by atoms with Gasteiger partial charge in [-0.15, -0.1) is 0 Å². The predicted octanol–water partition coefficient (Wildman–Crippen LogP) is 3.11. The highest BCUT2D eigenvalue weighted by molar-refractivity contribution is 7.92. The van der Waals surface area contributed by atoms with Gasteiger partial charge in [0.15, 0.2) is 11.5 Å². The van der Waals surface area contributed by atoms with Crippen LogP contribution in [0.2, 0.25) is 5.02 Å². The third-order valence-corrected chi connectivity index (χ3v) is 6.23. The number of benzene rings is 2. The first kappa shape index (κ1) is 19.3. The number of esters is 1. The summed E-state index contributed by atoms with van der Waals surface area (Å²) in [6, 6.07) is 8.76. The van der Waals surface area contributed by atoms with Gasteiger partial charge in [-0.3, -0.25) is 4.31 Å². The predicted molar refractivity (Wildman–Crippen MR) is 100 cm³/mol. The molecule has 0 N–H and O–H groups in total. The van der Waals surface area contributed by atoms with Crippen LogP contribution in [0.3, 0.4) is 0 Å². The number of halogens is 1. The van der Waals surface area contributed by atoms with Crippen molar-refractivity contribution in [3.63, 3.8) is 0 Å². The van der Waals surface area contributed by atoms with E-state index in [1.807, 2.05) is 0 Å². The molecule has 0 spiro atoms. The Morgan fingerprint density at radius 1 is 1.15 bits per heavy atom. The largest absolute Gasteiger partial charge is 0.486 e. The smallest absolute Gasteiger partial charge is 0.337 e. The van der Waals surface area contributed by atoms with Crippen molar-refractivity contribution in [2.75, 3.05) is 31.2 Å². The summed E-state index contributed by atoms with van der Waals surface area (Å²) in [5.74, 6) is 0.280. The Hall–Kier alpha value is -2.45. The van der Waals surface area contributed by atoms with Crippen molar-refractivity contribution in [2.24, 2.45) is 0 Å². The minimum absolute atomic E-state index is 0.0353. The average Bonchev–Trinajstić information content (AvgIpc) is 2.68. The van der Waals surface area contributed by atoms with Gasteiger partial charge in [0.2, 0.25) is 0 Å². The summed E-state index contributed by atoms with van der Waals surface area (Å²) in [5, 5.41) is 0.200. The zero-order chi connectivity index (χ0) is 19.6. The van der Waals surface area contributed by atoms with Gasteiger partial charge >= 0.3 is 5.97 Å². The fourth-order valence-electron chi connectivity index (χ4n) is 2.73. The highest BCUT2D eigenvalue weighted by atomic mass is 35.5. The number of carbonyl (C=O) groups excluding carboxylic acids is 1. The van der Waals surface area contributed by atoms with E-state index in [0.29, 0.717) is 24.7 Å². The summed E-state index contributed by atoms with van der Waals surface area (Å²) >= 11 is 6.22. The second kappa shape index (κ2) is 7.66. The van der Waals surface area contributed by atoms with E-state index in [9.17, 15) is 13.2 Å². The van der Waals surface area contributed by atoms with Crippen molar-refractivity contribution in [1.29, 1.82) is 0 Å². The van der Waals surface area contributed by atoms with E-state index in [4.69, 9.17) is 25.8 Å². The van der Waals surface area contributed by atoms with Crippen LogP contribution in [0.4, 0.5) is 5.69 Å². The minimum atomic E-state index is -3.95. The van der Waals surface area contributed by atoms with Crippen LogP contribution in [0.5, 0.6) is 11.5 Å². The number of hydrogen-bond acceptors (Lipinski definition) is 6. The number of methoxy groups -OCH3 is 1. The summed E-state index contributed by atoms with van der Waals surface area (Å²) in [6.45, 7) is 2.55. The number of sulfonamides is 1. The maximum atomic E-state index is 13.2. The zero-order valence-corrected chi connectivity index (χ0v) is 16.3. The van der Waals surface area contributed by atoms with Gasteiger partial charge in [-0.1, -0.05) is 11.6 Å². The van der Waals surface area contributed by atoms with E-state index >= 15 is 0 Å². The molecule has 1 heterocycles. The summed E-state index contributed by atoms with van der Waals surface area (Å²) < 4.78 is 43.1. The van der Waals surface area contributed by atoms with E-state index < -0.39 is 16.0 Å². The van der Waals surface area contributed by atoms with Crippen LogP contribution in [-0.4, -0.2) is 41.3 Å². The summed E-state index contributed by atoms with van der Waals surface area (Å²) in [6.07, 6.45) is 0. The van der Waals surface area contributed by atoms with Crippen LogP contribution >= 0.6 is 11.6 Å². The van der Waals surface area contributed by atoms with Crippen molar-refractivity contribution in [2.45, 2.75) is 11.8 Å². The van der Waals surface area contributed by atoms with Crippen LogP contribution < -0.4 is 13.8 Å². The van der Waals surface area contributed by atoms with Gasteiger partial charge in [-0.25, -0.2) is 13.2 Å². The maximum Gasteiger partial charge on any atom is 0.337 e. The van der Waals surface area contributed by atoms with Crippen molar-refractivity contribution < 1.29 is 27.4 Å². The summed E-state index contributed by atoms with van der Waals surface area (Å²) in [5.41, 5.74) is 0.393. The van der Waals surface area contributed by atoms with Gasteiger partial charge in [0.25, 0.3) is 10.0 Å². The molecule has 9 heteroatoms.